The first kappa shape index (κ1) is 24.2. The van der Waals surface area contributed by atoms with Crippen LogP contribution >= 0.6 is 24.8 Å². The number of hydrogen-bond acceptors (Lipinski definition) is 5. The maximum Gasteiger partial charge on any atom is 0.573 e. The van der Waals surface area contributed by atoms with Gasteiger partial charge in [0.15, 0.2) is 11.5 Å². The molecule has 0 unspecified atom stereocenters. The van der Waals surface area contributed by atoms with E-state index in [1.165, 1.54) is 24.3 Å². The molecular formula is C18H21Cl2F3N2O3. The van der Waals surface area contributed by atoms with Gasteiger partial charge in [0, 0.05) is 26.2 Å². The number of nitrogens with zero attached hydrogens (tertiary/aromatic N) is 1. The number of piperazine rings is 1. The lowest BCUT2D eigenvalue weighted by atomic mass is 9.96. The lowest BCUT2D eigenvalue weighted by Gasteiger charge is -2.35. The lowest BCUT2D eigenvalue weighted by molar-refractivity contribution is -0.274. The van der Waals surface area contributed by atoms with E-state index in [0.29, 0.717) is 0 Å². The molecule has 156 valence electrons. The number of ether oxygens (including phenoxy) is 1. The van der Waals surface area contributed by atoms with E-state index in [2.05, 4.69) is 15.0 Å². The second-order valence-corrected chi connectivity index (χ2v) is 6.05. The molecule has 1 atom stereocenters. The Labute approximate surface area is 172 Å². The molecule has 3 rings (SSSR count). The minimum Gasteiger partial charge on any atom is -0.504 e. The van der Waals surface area contributed by atoms with Gasteiger partial charge >= 0.3 is 6.36 Å². The fraction of sp³-hybridized carbons (Fsp3) is 0.333. The largest absolute Gasteiger partial charge is 0.573 e. The van der Waals surface area contributed by atoms with Crippen molar-refractivity contribution < 1.29 is 28.1 Å². The van der Waals surface area contributed by atoms with E-state index in [0.717, 1.165) is 37.3 Å². The van der Waals surface area contributed by atoms with Crippen molar-refractivity contribution in [3.05, 3.63) is 53.6 Å². The first-order valence-electron chi connectivity index (χ1n) is 8.16. The molecule has 5 nitrogen and oxygen atoms in total. The smallest absolute Gasteiger partial charge is 0.504 e. The Morgan fingerprint density at radius 3 is 2.00 bits per heavy atom. The molecule has 2 aromatic carbocycles. The number of halogens is 5. The Balaban J connectivity index is 0.00000196. The van der Waals surface area contributed by atoms with E-state index in [9.17, 15) is 23.4 Å². The standard InChI is InChI=1S/C18H19F3N2O3.2ClH/c19-18(20,21)26-14-4-1-12(2-5-14)17(23-9-7-22-8-10-23)13-3-6-15(24)16(25)11-13;;/h1-6,11,17,22,24-25H,7-10H2;2*1H/t17-;;/m0../s1. The molecule has 0 saturated carbocycles. The lowest BCUT2D eigenvalue weighted by Crippen LogP contribution is -2.45. The number of benzene rings is 2. The van der Waals surface area contributed by atoms with Crippen LogP contribution in [-0.2, 0) is 0 Å². The average Bonchev–Trinajstić information content (AvgIpc) is 2.59. The van der Waals surface area contributed by atoms with E-state index < -0.39 is 6.36 Å². The summed E-state index contributed by atoms with van der Waals surface area (Å²) in [5.74, 6) is -0.741. The molecule has 0 spiro atoms. The molecule has 28 heavy (non-hydrogen) atoms. The highest BCUT2D eigenvalue weighted by Gasteiger charge is 2.31. The molecule has 1 fully saturated rings. The van der Waals surface area contributed by atoms with Crippen LogP contribution in [-0.4, -0.2) is 47.7 Å². The molecule has 1 saturated heterocycles. The maximum atomic E-state index is 12.3. The minimum absolute atomic E-state index is 0. The molecule has 1 heterocycles. The summed E-state index contributed by atoms with van der Waals surface area (Å²) < 4.78 is 41.0. The van der Waals surface area contributed by atoms with Gasteiger partial charge < -0.3 is 20.3 Å². The Hall–Kier alpha value is -1.87. The number of aromatic hydroxyl groups is 2. The monoisotopic (exact) mass is 440 g/mol. The molecule has 0 radical (unpaired) electrons. The van der Waals surface area contributed by atoms with Gasteiger partial charge in [-0.05, 0) is 35.4 Å². The molecule has 3 N–H and O–H groups in total. The van der Waals surface area contributed by atoms with Crippen molar-refractivity contribution in [3.8, 4) is 17.2 Å². The second-order valence-electron chi connectivity index (χ2n) is 6.05. The van der Waals surface area contributed by atoms with Crippen LogP contribution in [0, 0.1) is 0 Å². The van der Waals surface area contributed by atoms with Crippen LogP contribution in [0.25, 0.3) is 0 Å². The van der Waals surface area contributed by atoms with Crippen molar-refractivity contribution >= 4 is 24.8 Å². The average molecular weight is 441 g/mol. The summed E-state index contributed by atoms with van der Waals surface area (Å²) in [6, 6.07) is 10.0. The van der Waals surface area contributed by atoms with Gasteiger partial charge in [0.1, 0.15) is 5.75 Å². The summed E-state index contributed by atoms with van der Waals surface area (Å²) in [6.07, 6.45) is -4.73. The summed E-state index contributed by atoms with van der Waals surface area (Å²) >= 11 is 0. The van der Waals surface area contributed by atoms with Crippen LogP contribution in [0.15, 0.2) is 42.5 Å². The molecule has 1 aliphatic heterocycles. The quantitative estimate of drug-likeness (QED) is 0.630. The number of rotatable bonds is 4. The van der Waals surface area contributed by atoms with Gasteiger partial charge in [-0.2, -0.15) is 0 Å². The summed E-state index contributed by atoms with van der Waals surface area (Å²) in [4.78, 5) is 2.17. The number of phenolic OH excluding ortho intramolecular Hbond substituents is 2. The van der Waals surface area contributed by atoms with Crippen molar-refractivity contribution in [2.24, 2.45) is 0 Å². The van der Waals surface area contributed by atoms with E-state index >= 15 is 0 Å². The summed E-state index contributed by atoms with van der Waals surface area (Å²) in [7, 11) is 0. The number of phenols is 2. The molecule has 10 heteroatoms. The van der Waals surface area contributed by atoms with Crippen LogP contribution in [0.3, 0.4) is 0 Å². The molecule has 0 amide bonds. The molecule has 1 aliphatic rings. The third kappa shape index (κ3) is 6.07. The van der Waals surface area contributed by atoms with E-state index in [-0.39, 0.29) is 48.1 Å². The van der Waals surface area contributed by atoms with Crippen LogP contribution in [0.5, 0.6) is 17.2 Å². The first-order valence-corrected chi connectivity index (χ1v) is 8.16. The van der Waals surface area contributed by atoms with Gasteiger partial charge in [0.2, 0.25) is 0 Å². The summed E-state index contributed by atoms with van der Waals surface area (Å²) in [5.41, 5.74) is 1.51. The van der Waals surface area contributed by atoms with Crippen molar-refractivity contribution in [2.75, 3.05) is 26.2 Å². The third-order valence-corrected chi connectivity index (χ3v) is 4.26. The number of nitrogens with one attached hydrogen (secondary N) is 1. The molecule has 0 bridgehead atoms. The van der Waals surface area contributed by atoms with Gasteiger partial charge in [0.05, 0.1) is 6.04 Å². The first-order chi connectivity index (χ1) is 12.3. The SMILES string of the molecule is Cl.Cl.Oc1ccc([C@H](c2ccc(OC(F)(F)F)cc2)N2CCNCC2)cc1O. The molecular weight excluding hydrogens is 420 g/mol. The van der Waals surface area contributed by atoms with Crippen LogP contribution in [0.4, 0.5) is 13.2 Å². The molecule has 0 aliphatic carbocycles. The molecule has 0 aromatic heterocycles. The van der Waals surface area contributed by atoms with E-state index in [1.807, 2.05) is 0 Å². The highest BCUT2D eigenvalue weighted by atomic mass is 35.5. The van der Waals surface area contributed by atoms with Crippen molar-refractivity contribution in [1.29, 1.82) is 0 Å². The predicted molar refractivity (Wildman–Crippen MR) is 104 cm³/mol. The minimum atomic E-state index is -4.73. The van der Waals surface area contributed by atoms with Gasteiger partial charge in [0.25, 0.3) is 0 Å². The fourth-order valence-electron chi connectivity index (χ4n) is 3.12. The predicted octanol–water partition coefficient (Wildman–Crippen LogP) is 3.83. The Bertz CT molecular complexity index is 755. The van der Waals surface area contributed by atoms with E-state index in [1.54, 1.807) is 18.2 Å². The third-order valence-electron chi connectivity index (χ3n) is 4.26. The van der Waals surface area contributed by atoms with Gasteiger partial charge in [-0.25, -0.2) is 0 Å². The van der Waals surface area contributed by atoms with Crippen LogP contribution < -0.4 is 10.1 Å². The Morgan fingerprint density at radius 2 is 1.46 bits per heavy atom. The van der Waals surface area contributed by atoms with Crippen molar-refractivity contribution in [3.63, 3.8) is 0 Å². The van der Waals surface area contributed by atoms with Gasteiger partial charge in [-0.15, -0.1) is 38.0 Å². The van der Waals surface area contributed by atoms with Crippen molar-refractivity contribution in [2.45, 2.75) is 12.4 Å². The molecule has 2 aromatic rings. The number of alkyl halides is 3. The van der Waals surface area contributed by atoms with Gasteiger partial charge in [-0.3, -0.25) is 4.90 Å². The van der Waals surface area contributed by atoms with Crippen LogP contribution in [0.1, 0.15) is 17.2 Å². The summed E-state index contributed by atoms with van der Waals surface area (Å²) in [5, 5.41) is 22.6. The Morgan fingerprint density at radius 1 is 0.893 bits per heavy atom. The summed E-state index contributed by atoms with van der Waals surface area (Å²) in [6.45, 7) is 3.06. The normalized spacial score (nSPS) is 15.8. The van der Waals surface area contributed by atoms with Crippen LogP contribution in [0.2, 0.25) is 0 Å². The topological polar surface area (TPSA) is 65.0 Å². The van der Waals surface area contributed by atoms with Crippen molar-refractivity contribution in [1.82, 2.24) is 10.2 Å². The highest BCUT2D eigenvalue weighted by molar-refractivity contribution is 5.85. The van der Waals surface area contributed by atoms with E-state index in [4.69, 9.17) is 0 Å². The zero-order valence-corrected chi connectivity index (χ0v) is 16.3. The zero-order chi connectivity index (χ0) is 18.7. The Kier molecular flexibility index (Phi) is 8.69. The van der Waals surface area contributed by atoms with Gasteiger partial charge in [-0.1, -0.05) is 18.2 Å². The highest BCUT2D eigenvalue weighted by Crippen LogP contribution is 2.35. The zero-order valence-electron chi connectivity index (χ0n) is 14.6. The second kappa shape index (κ2) is 10.1. The fourth-order valence-corrected chi connectivity index (χ4v) is 3.12. The maximum absolute atomic E-state index is 12.3. The number of hydrogen-bond donors (Lipinski definition) is 3.